The van der Waals surface area contributed by atoms with Crippen molar-refractivity contribution >= 4 is 35.2 Å². The first-order valence-corrected chi connectivity index (χ1v) is 7.89. The number of carbonyl (C=O) groups is 2. The van der Waals surface area contributed by atoms with Crippen LogP contribution in [0.3, 0.4) is 0 Å². The standard InChI is InChI=1S/C18H19ClN2O3/c1-11(2)20-18(23)15-8-5-13(19)10-16(15)21-17(22)9-7-14-6-4-12(3)24-14/h4-11H,1-3H3,(H,20,23)(H,21,22)/b9-7+. The smallest absolute Gasteiger partial charge is 0.253 e. The summed E-state index contributed by atoms with van der Waals surface area (Å²) in [5, 5.41) is 5.88. The molecule has 5 nitrogen and oxygen atoms in total. The quantitative estimate of drug-likeness (QED) is 0.803. The monoisotopic (exact) mass is 346 g/mol. The highest BCUT2D eigenvalue weighted by Crippen LogP contribution is 2.21. The average Bonchev–Trinajstić information content (AvgIpc) is 2.90. The van der Waals surface area contributed by atoms with Crippen molar-refractivity contribution in [3.05, 3.63) is 58.5 Å². The molecule has 24 heavy (non-hydrogen) atoms. The van der Waals surface area contributed by atoms with Crippen LogP contribution in [-0.2, 0) is 4.79 Å². The number of carbonyl (C=O) groups excluding carboxylic acids is 2. The summed E-state index contributed by atoms with van der Waals surface area (Å²) < 4.78 is 5.36. The number of hydrogen-bond donors (Lipinski definition) is 2. The molecule has 0 fully saturated rings. The number of nitrogens with one attached hydrogen (secondary N) is 2. The molecule has 6 heteroatoms. The van der Waals surface area contributed by atoms with E-state index in [1.165, 1.54) is 6.08 Å². The second kappa shape index (κ2) is 7.84. The molecule has 126 valence electrons. The lowest BCUT2D eigenvalue weighted by Crippen LogP contribution is -2.31. The van der Waals surface area contributed by atoms with Gasteiger partial charge < -0.3 is 15.1 Å². The Labute approximate surface area is 145 Å². The van der Waals surface area contributed by atoms with E-state index in [0.29, 0.717) is 22.0 Å². The van der Waals surface area contributed by atoms with Gasteiger partial charge in [0.15, 0.2) is 0 Å². The number of amides is 2. The van der Waals surface area contributed by atoms with Gasteiger partial charge in [-0.25, -0.2) is 0 Å². The molecule has 0 aliphatic heterocycles. The topological polar surface area (TPSA) is 71.3 Å². The van der Waals surface area contributed by atoms with E-state index in [4.69, 9.17) is 16.0 Å². The zero-order valence-corrected chi connectivity index (χ0v) is 14.5. The van der Waals surface area contributed by atoms with Crippen LogP contribution in [0.1, 0.15) is 35.7 Å². The Morgan fingerprint density at radius 1 is 1.21 bits per heavy atom. The molecule has 0 radical (unpaired) electrons. The lowest BCUT2D eigenvalue weighted by atomic mass is 10.1. The SMILES string of the molecule is Cc1ccc(/C=C/C(=O)Nc2cc(Cl)ccc2C(=O)NC(C)C)o1. The van der Waals surface area contributed by atoms with Crippen LogP contribution in [0.2, 0.25) is 5.02 Å². The van der Waals surface area contributed by atoms with Gasteiger partial charge in [-0.2, -0.15) is 0 Å². The van der Waals surface area contributed by atoms with E-state index in [9.17, 15) is 9.59 Å². The van der Waals surface area contributed by atoms with Crippen LogP contribution in [0.15, 0.2) is 40.8 Å². The normalized spacial score (nSPS) is 11.0. The largest absolute Gasteiger partial charge is 0.462 e. The third kappa shape index (κ3) is 4.99. The van der Waals surface area contributed by atoms with Gasteiger partial charge in [-0.1, -0.05) is 11.6 Å². The zero-order chi connectivity index (χ0) is 17.7. The summed E-state index contributed by atoms with van der Waals surface area (Å²) in [6.07, 6.45) is 2.89. The highest BCUT2D eigenvalue weighted by Gasteiger charge is 2.14. The number of halogens is 1. The van der Waals surface area contributed by atoms with Crippen molar-refractivity contribution < 1.29 is 14.0 Å². The van der Waals surface area contributed by atoms with Gasteiger partial charge in [-0.05, 0) is 57.2 Å². The van der Waals surface area contributed by atoms with Crippen molar-refractivity contribution in [1.29, 1.82) is 0 Å². The Morgan fingerprint density at radius 3 is 2.58 bits per heavy atom. The predicted molar refractivity (Wildman–Crippen MR) is 95.2 cm³/mol. The minimum absolute atomic E-state index is 0.0150. The first-order valence-electron chi connectivity index (χ1n) is 7.51. The van der Waals surface area contributed by atoms with E-state index < -0.39 is 0 Å². The van der Waals surface area contributed by atoms with Crippen LogP contribution in [0.5, 0.6) is 0 Å². The maximum atomic E-state index is 12.2. The van der Waals surface area contributed by atoms with Gasteiger partial charge in [0.2, 0.25) is 5.91 Å². The van der Waals surface area contributed by atoms with Gasteiger partial charge in [0.05, 0.1) is 11.3 Å². The molecule has 2 aromatic rings. The molecule has 0 bridgehead atoms. The van der Waals surface area contributed by atoms with Gasteiger partial charge in [0.1, 0.15) is 11.5 Å². The van der Waals surface area contributed by atoms with Crippen LogP contribution >= 0.6 is 11.6 Å². The lowest BCUT2D eigenvalue weighted by Gasteiger charge is -2.13. The molecule has 1 heterocycles. The molecular formula is C18H19ClN2O3. The minimum atomic E-state index is -0.384. The number of furan rings is 1. The fourth-order valence-corrected chi connectivity index (χ4v) is 2.21. The van der Waals surface area contributed by atoms with E-state index in [0.717, 1.165) is 5.76 Å². The maximum Gasteiger partial charge on any atom is 0.253 e. The van der Waals surface area contributed by atoms with E-state index in [1.54, 1.807) is 30.3 Å². The fraction of sp³-hybridized carbons (Fsp3) is 0.222. The molecule has 2 rings (SSSR count). The van der Waals surface area contributed by atoms with Gasteiger partial charge in [-0.3, -0.25) is 9.59 Å². The molecule has 0 aliphatic rings. The van der Waals surface area contributed by atoms with Crippen molar-refractivity contribution in [1.82, 2.24) is 5.32 Å². The molecular weight excluding hydrogens is 328 g/mol. The first-order chi connectivity index (χ1) is 11.3. The molecule has 0 unspecified atom stereocenters. The summed E-state index contributed by atoms with van der Waals surface area (Å²) in [6.45, 7) is 5.54. The highest BCUT2D eigenvalue weighted by atomic mass is 35.5. The second-order valence-electron chi connectivity index (χ2n) is 5.59. The van der Waals surface area contributed by atoms with Gasteiger partial charge in [0.25, 0.3) is 5.91 Å². The van der Waals surface area contributed by atoms with E-state index in [2.05, 4.69) is 10.6 Å². The molecule has 0 spiro atoms. The van der Waals surface area contributed by atoms with Crippen LogP contribution in [0.4, 0.5) is 5.69 Å². The van der Waals surface area contributed by atoms with Crippen LogP contribution in [0.25, 0.3) is 6.08 Å². The van der Waals surface area contributed by atoms with Crippen molar-refractivity contribution in [2.24, 2.45) is 0 Å². The third-order valence-electron chi connectivity index (χ3n) is 3.06. The van der Waals surface area contributed by atoms with E-state index >= 15 is 0 Å². The molecule has 0 aliphatic carbocycles. The number of rotatable bonds is 5. The molecule has 1 aromatic heterocycles. The Kier molecular flexibility index (Phi) is 5.82. The summed E-state index contributed by atoms with van der Waals surface area (Å²) in [5.74, 6) is 0.677. The fourth-order valence-electron chi connectivity index (χ4n) is 2.03. The Morgan fingerprint density at radius 2 is 1.96 bits per heavy atom. The first kappa shape index (κ1) is 17.8. The molecule has 2 amide bonds. The van der Waals surface area contributed by atoms with Crippen LogP contribution in [0, 0.1) is 6.92 Å². The van der Waals surface area contributed by atoms with Crippen molar-refractivity contribution in [2.45, 2.75) is 26.8 Å². The molecule has 0 saturated carbocycles. The third-order valence-corrected chi connectivity index (χ3v) is 3.30. The number of aryl methyl sites for hydroxylation is 1. The van der Waals surface area contributed by atoms with Crippen LogP contribution < -0.4 is 10.6 Å². The number of benzene rings is 1. The summed E-state index contributed by atoms with van der Waals surface area (Å²) in [7, 11) is 0. The van der Waals surface area contributed by atoms with Gasteiger partial charge in [0, 0.05) is 17.1 Å². The van der Waals surface area contributed by atoms with Gasteiger partial charge in [-0.15, -0.1) is 0 Å². The summed E-state index contributed by atoms with van der Waals surface area (Å²) in [6, 6.07) is 8.28. The van der Waals surface area contributed by atoms with Crippen molar-refractivity contribution in [3.63, 3.8) is 0 Å². The molecule has 2 N–H and O–H groups in total. The minimum Gasteiger partial charge on any atom is -0.462 e. The molecule has 1 aromatic carbocycles. The zero-order valence-electron chi connectivity index (χ0n) is 13.7. The molecule has 0 saturated heterocycles. The maximum absolute atomic E-state index is 12.2. The van der Waals surface area contributed by atoms with Crippen LogP contribution in [-0.4, -0.2) is 17.9 Å². The van der Waals surface area contributed by atoms with E-state index in [1.807, 2.05) is 26.8 Å². The second-order valence-corrected chi connectivity index (χ2v) is 6.03. The summed E-state index contributed by atoms with van der Waals surface area (Å²) >= 11 is 5.97. The molecule has 0 atom stereocenters. The average molecular weight is 347 g/mol. The van der Waals surface area contributed by atoms with Gasteiger partial charge >= 0.3 is 0 Å². The Balaban J connectivity index is 2.15. The summed E-state index contributed by atoms with van der Waals surface area (Å²) in [4.78, 5) is 24.3. The van der Waals surface area contributed by atoms with E-state index in [-0.39, 0.29) is 17.9 Å². The number of anilines is 1. The lowest BCUT2D eigenvalue weighted by molar-refractivity contribution is -0.111. The highest BCUT2D eigenvalue weighted by molar-refractivity contribution is 6.31. The van der Waals surface area contributed by atoms with Crippen molar-refractivity contribution in [3.8, 4) is 0 Å². The number of hydrogen-bond acceptors (Lipinski definition) is 3. The Bertz CT molecular complexity index is 778. The predicted octanol–water partition coefficient (Wildman–Crippen LogP) is 4.03. The van der Waals surface area contributed by atoms with Crippen molar-refractivity contribution in [2.75, 3.05) is 5.32 Å². The Hall–Kier alpha value is -2.53. The summed E-state index contributed by atoms with van der Waals surface area (Å²) in [5.41, 5.74) is 0.703.